The fourth-order valence-corrected chi connectivity index (χ4v) is 2.40. The number of nitrogens with zero attached hydrogens (tertiary/aromatic N) is 1. The minimum atomic E-state index is -0.911. The number of likely N-dealkylation sites (tertiary alicyclic amines) is 1. The van der Waals surface area contributed by atoms with Gasteiger partial charge in [0.1, 0.15) is 6.04 Å². The second-order valence-electron chi connectivity index (χ2n) is 4.51. The predicted octanol–water partition coefficient (Wildman–Crippen LogP) is 0.937. The average molecular weight is 252 g/mol. The van der Waals surface area contributed by atoms with Crippen molar-refractivity contribution in [3.05, 3.63) is 24.0 Å². The Bertz CT molecular complexity index is 421. The van der Waals surface area contributed by atoms with E-state index >= 15 is 0 Å². The third kappa shape index (κ3) is 2.53. The lowest BCUT2D eigenvalue weighted by atomic mass is 9.95. The second-order valence-corrected chi connectivity index (χ2v) is 4.51. The van der Waals surface area contributed by atoms with E-state index in [0.717, 1.165) is 0 Å². The number of piperidine rings is 1. The molecule has 1 aliphatic rings. The van der Waals surface area contributed by atoms with E-state index in [1.165, 1.54) is 0 Å². The SMILES string of the molecule is O=C(O)C1CCN(C(C(=O)O)c2ccc[nH]2)CC1. The van der Waals surface area contributed by atoms with Crippen molar-refractivity contribution in [2.45, 2.75) is 18.9 Å². The Morgan fingerprint density at radius 2 is 2.00 bits per heavy atom. The largest absolute Gasteiger partial charge is 0.481 e. The van der Waals surface area contributed by atoms with Crippen molar-refractivity contribution in [3.63, 3.8) is 0 Å². The van der Waals surface area contributed by atoms with Gasteiger partial charge >= 0.3 is 11.9 Å². The van der Waals surface area contributed by atoms with Crippen molar-refractivity contribution >= 4 is 11.9 Å². The van der Waals surface area contributed by atoms with Gasteiger partial charge in [-0.1, -0.05) is 0 Å². The van der Waals surface area contributed by atoms with Crippen LogP contribution in [0.2, 0.25) is 0 Å². The van der Waals surface area contributed by atoms with E-state index in [-0.39, 0.29) is 5.92 Å². The number of carbonyl (C=O) groups is 2. The molecule has 0 amide bonds. The van der Waals surface area contributed by atoms with E-state index in [2.05, 4.69) is 4.98 Å². The summed E-state index contributed by atoms with van der Waals surface area (Å²) in [4.78, 5) is 26.9. The summed E-state index contributed by atoms with van der Waals surface area (Å²) >= 11 is 0. The summed E-state index contributed by atoms with van der Waals surface area (Å²) in [5, 5.41) is 18.2. The van der Waals surface area contributed by atoms with Gasteiger partial charge in [0.25, 0.3) is 0 Å². The molecule has 0 radical (unpaired) electrons. The molecule has 2 heterocycles. The molecular formula is C12H16N2O4. The summed E-state index contributed by atoms with van der Waals surface area (Å²) in [5.41, 5.74) is 0.635. The lowest BCUT2D eigenvalue weighted by Gasteiger charge is -2.33. The molecule has 0 bridgehead atoms. The van der Waals surface area contributed by atoms with Crippen molar-refractivity contribution in [3.8, 4) is 0 Å². The molecule has 3 N–H and O–H groups in total. The number of nitrogens with one attached hydrogen (secondary N) is 1. The zero-order valence-electron chi connectivity index (χ0n) is 9.87. The molecule has 1 atom stereocenters. The van der Waals surface area contributed by atoms with E-state index in [9.17, 15) is 14.7 Å². The van der Waals surface area contributed by atoms with Crippen LogP contribution < -0.4 is 0 Å². The highest BCUT2D eigenvalue weighted by molar-refractivity contribution is 5.75. The Kier molecular flexibility index (Phi) is 3.66. The molecule has 0 aromatic carbocycles. The van der Waals surface area contributed by atoms with Crippen LogP contribution in [0.25, 0.3) is 0 Å². The van der Waals surface area contributed by atoms with E-state index in [1.807, 2.05) is 4.90 Å². The summed E-state index contributed by atoms with van der Waals surface area (Å²) in [6.45, 7) is 0.986. The summed E-state index contributed by atoms with van der Waals surface area (Å²) < 4.78 is 0. The van der Waals surface area contributed by atoms with Crippen molar-refractivity contribution < 1.29 is 19.8 Å². The number of aromatic nitrogens is 1. The molecule has 6 heteroatoms. The second kappa shape index (κ2) is 5.22. The summed E-state index contributed by atoms with van der Waals surface area (Å²) in [7, 11) is 0. The molecule has 1 aromatic rings. The van der Waals surface area contributed by atoms with Crippen molar-refractivity contribution in [1.29, 1.82) is 0 Å². The van der Waals surface area contributed by atoms with Gasteiger partial charge in [-0.25, -0.2) is 0 Å². The summed E-state index contributed by atoms with van der Waals surface area (Å²) in [6.07, 6.45) is 2.69. The van der Waals surface area contributed by atoms with Gasteiger partial charge in [0.15, 0.2) is 0 Å². The average Bonchev–Trinajstić information content (AvgIpc) is 2.83. The third-order valence-electron chi connectivity index (χ3n) is 3.39. The summed E-state index contributed by atoms with van der Waals surface area (Å²) in [5.74, 6) is -2.05. The van der Waals surface area contributed by atoms with Crippen LogP contribution in [0.4, 0.5) is 0 Å². The number of hydrogen-bond donors (Lipinski definition) is 3. The van der Waals surface area contributed by atoms with Crippen LogP contribution in [0.3, 0.4) is 0 Å². The van der Waals surface area contributed by atoms with E-state index in [4.69, 9.17) is 5.11 Å². The molecule has 6 nitrogen and oxygen atoms in total. The fraction of sp³-hybridized carbons (Fsp3) is 0.500. The van der Waals surface area contributed by atoms with Crippen molar-refractivity contribution in [2.75, 3.05) is 13.1 Å². The lowest BCUT2D eigenvalue weighted by Crippen LogP contribution is -2.41. The lowest BCUT2D eigenvalue weighted by molar-refractivity contribution is -0.146. The topological polar surface area (TPSA) is 93.6 Å². The van der Waals surface area contributed by atoms with Crippen LogP contribution in [0.1, 0.15) is 24.6 Å². The van der Waals surface area contributed by atoms with Gasteiger partial charge < -0.3 is 15.2 Å². The van der Waals surface area contributed by atoms with Gasteiger partial charge in [0, 0.05) is 25.0 Å². The molecular weight excluding hydrogens is 236 g/mol. The minimum absolute atomic E-state index is 0.348. The maximum absolute atomic E-state index is 11.3. The molecule has 1 unspecified atom stereocenters. The number of carboxylic acids is 2. The maximum atomic E-state index is 11.3. The van der Waals surface area contributed by atoms with Gasteiger partial charge in [-0.2, -0.15) is 0 Å². The summed E-state index contributed by atoms with van der Waals surface area (Å²) in [6, 6.07) is 2.78. The standard InChI is InChI=1S/C12H16N2O4/c15-11(16)8-3-6-14(7-4-8)10(12(17)18)9-2-1-5-13-9/h1-2,5,8,10,13H,3-4,6-7H2,(H,15,16)(H,17,18). The molecule has 18 heavy (non-hydrogen) atoms. The van der Waals surface area contributed by atoms with Crippen LogP contribution >= 0.6 is 0 Å². The number of rotatable bonds is 4. The van der Waals surface area contributed by atoms with Gasteiger partial charge in [-0.05, 0) is 25.0 Å². The van der Waals surface area contributed by atoms with Gasteiger partial charge in [0.2, 0.25) is 0 Å². The number of H-pyrrole nitrogens is 1. The first-order chi connectivity index (χ1) is 8.59. The Labute approximate surface area is 104 Å². The van der Waals surface area contributed by atoms with Crippen LogP contribution in [-0.2, 0) is 9.59 Å². The third-order valence-corrected chi connectivity index (χ3v) is 3.39. The van der Waals surface area contributed by atoms with E-state index < -0.39 is 18.0 Å². The maximum Gasteiger partial charge on any atom is 0.327 e. The van der Waals surface area contributed by atoms with Crippen LogP contribution in [0.15, 0.2) is 18.3 Å². The Morgan fingerprint density at radius 3 is 2.44 bits per heavy atom. The highest BCUT2D eigenvalue weighted by Crippen LogP contribution is 2.26. The van der Waals surface area contributed by atoms with Crippen LogP contribution in [-0.4, -0.2) is 45.1 Å². The molecule has 0 spiro atoms. The molecule has 1 aliphatic heterocycles. The van der Waals surface area contributed by atoms with E-state index in [1.54, 1.807) is 18.3 Å². The first kappa shape index (κ1) is 12.6. The number of carboxylic acid groups (broad SMARTS) is 2. The number of aliphatic carboxylic acids is 2. The minimum Gasteiger partial charge on any atom is -0.481 e. The molecule has 2 rings (SSSR count). The quantitative estimate of drug-likeness (QED) is 0.741. The Hall–Kier alpha value is -1.82. The van der Waals surface area contributed by atoms with E-state index in [0.29, 0.717) is 31.6 Å². The fourth-order valence-electron chi connectivity index (χ4n) is 2.40. The molecule has 98 valence electrons. The molecule has 1 fully saturated rings. The number of hydrogen-bond acceptors (Lipinski definition) is 3. The normalized spacial score (nSPS) is 19.6. The van der Waals surface area contributed by atoms with Crippen molar-refractivity contribution in [2.24, 2.45) is 5.92 Å². The smallest absolute Gasteiger partial charge is 0.327 e. The monoisotopic (exact) mass is 252 g/mol. The molecule has 1 saturated heterocycles. The Balaban J connectivity index is 2.06. The highest BCUT2D eigenvalue weighted by atomic mass is 16.4. The Morgan fingerprint density at radius 1 is 1.33 bits per heavy atom. The highest BCUT2D eigenvalue weighted by Gasteiger charge is 2.33. The number of aromatic amines is 1. The molecule has 0 aliphatic carbocycles. The first-order valence-electron chi connectivity index (χ1n) is 5.92. The van der Waals surface area contributed by atoms with Crippen LogP contribution in [0, 0.1) is 5.92 Å². The van der Waals surface area contributed by atoms with Gasteiger partial charge in [0.05, 0.1) is 5.92 Å². The molecule has 1 aromatic heterocycles. The predicted molar refractivity (Wildman–Crippen MR) is 63.1 cm³/mol. The molecule has 0 saturated carbocycles. The zero-order valence-corrected chi connectivity index (χ0v) is 9.87. The van der Waals surface area contributed by atoms with Gasteiger partial charge in [-0.3, -0.25) is 14.5 Å². The van der Waals surface area contributed by atoms with Crippen LogP contribution in [0.5, 0.6) is 0 Å². The first-order valence-corrected chi connectivity index (χ1v) is 5.92. The zero-order chi connectivity index (χ0) is 13.1. The van der Waals surface area contributed by atoms with Gasteiger partial charge in [-0.15, -0.1) is 0 Å². The van der Waals surface area contributed by atoms with Crippen molar-refractivity contribution in [1.82, 2.24) is 9.88 Å².